The molecule has 166 valence electrons. The monoisotopic (exact) mass is 396 g/mol. The van der Waals surface area contributed by atoms with Crippen molar-refractivity contribution in [1.29, 1.82) is 0 Å². The first-order valence-corrected chi connectivity index (χ1v) is 12.0. The number of hydrogen-bond donors (Lipinski definition) is 0. The number of carbonyl (C=O) groups excluding carboxylic acids is 1. The van der Waals surface area contributed by atoms with E-state index >= 15 is 0 Å². The SMILES string of the molecule is C=C(C)CCOCCOC(=O)CCCCCCCCCCCCCCCCC. The van der Waals surface area contributed by atoms with Gasteiger partial charge in [0.2, 0.25) is 0 Å². The van der Waals surface area contributed by atoms with Crippen LogP contribution < -0.4 is 0 Å². The van der Waals surface area contributed by atoms with Crippen LogP contribution in [0.25, 0.3) is 0 Å². The van der Waals surface area contributed by atoms with E-state index < -0.39 is 0 Å². The lowest BCUT2D eigenvalue weighted by Gasteiger charge is -2.06. The van der Waals surface area contributed by atoms with Crippen molar-refractivity contribution in [3.8, 4) is 0 Å². The van der Waals surface area contributed by atoms with E-state index in [2.05, 4.69) is 13.5 Å². The minimum atomic E-state index is -0.0850. The highest BCUT2D eigenvalue weighted by molar-refractivity contribution is 5.69. The molecule has 28 heavy (non-hydrogen) atoms. The molecule has 0 aromatic rings. The first-order valence-electron chi connectivity index (χ1n) is 12.0. The zero-order valence-electron chi connectivity index (χ0n) is 19.1. The second-order valence-corrected chi connectivity index (χ2v) is 8.24. The Balaban J connectivity index is 3.14. The normalized spacial score (nSPS) is 10.9. The lowest BCUT2D eigenvalue weighted by Crippen LogP contribution is -2.11. The predicted octanol–water partition coefficient (Wildman–Crippen LogP) is 7.77. The highest BCUT2D eigenvalue weighted by Crippen LogP contribution is 2.13. The number of carbonyl (C=O) groups is 1. The molecule has 0 N–H and O–H groups in total. The van der Waals surface area contributed by atoms with Crippen molar-refractivity contribution in [2.24, 2.45) is 0 Å². The van der Waals surface area contributed by atoms with Gasteiger partial charge in [0.15, 0.2) is 0 Å². The van der Waals surface area contributed by atoms with Gasteiger partial charge in [0, 0.05) is 6.42 Å². The molecule has 0 spiro atoms. The molecule has 3 nitrogen and oxygen atoms in total. The van der Waals surface area contributed by atoms with Crippen LogP contribution in [-0.4, -0.2) is 25.8 Å². The van der Waals surface area contributed by atoms with E-state index in [1.165, 1.54) is 83.5 Å². The van der Waals surface area contributed by atoms with Crippen LogP contribution in [0.1, 0.15) is 123 Å². The van der Waals surface area contributed by atoms with Crippen LogP contribution in [0.5, 0.6) is 0 Å². The predicted molar refractivity (Wildman–Crippen MR) is 121 cm³/mol. The van der Waals surface area contributed by atoms with Gasteiger partial charge in [-0.25, -0.2) is 0 Å². The third-order valence-electron chi connectivity index (χ3n) is 5.15. The molecule has 0 amide bonds. The van der Waals surface area contributed by atoms with Crippen LogP contribution >= 0.6 is 0 Å². The maximum absolute atomic E-state index is 11.6. The third-order valence-corrected chi connectivity index (χ3v) is 5.15. The molecule has 0 atom stereocenters. The Bertz CT molecular complexity index is 352. The van der Waals surface area contributed by atoms with Gasteiger partial charge in [-0.1, -0.05) is 102 Å². The van der Waals surface area contributed by atoms with E-state index in [1.54, 1.807) is 0 Å². The Morgan fingerprint density at radius 2 is 1.11 bits per heavy atom. The molecule has 0 unspecified atom stereocenters. The summed E-state index contributed by atoms with van der Waals surface area (Å²) in [4.78, 5) is 11.6. The van der Waals surface area contributed by atoms with E-state index in [4.69, 9.17) is 9.47 Å². The van der Waals surface area contributed by atoms with Gasteiger partial charge >= 0.3 is 5.97 Å². The first-order chi connectivity index (χ1) is 13.7. The number of hydrogen-bond acceptors (Lipinski definition) is 3. The van der Waals surface area contributed by atoms with Crippen molar-refractivity contribution in [2.75, 3.05) is 19.8 Å². The lowest BCUT2D eigenvalue weighted by atomic mass is 10.0. The molecule has 0 bridgehead atoms. The zero-order valence-corrected chi connectivity index (χ0v) is 19.1. The maximum Gasteiger partial charge on any atom is 0.305 e. The molecule has 0 fully saturated rings. The summed E-state index contributed by atoms with van der Waals surface area (Å²) in [5, 5.41) is 0. The second-order valence-electron chi connectivity index (χ2n) is 8.24. The van der Waals surface area contributed by atoms with Crippen LogP contribution in [0.15, 0.2) is 12.2 Å². The van der Waals surface area contributed by atoms with Gasteiger partial charge in [-0.2, -0.15) is 0 Å². The summed E-state index contributed by atoms with van der Waals surface area (Å²) in [6, 6.07) is 0. The highest BCUT2D eigenvalue weighted by atomic mass is 16.6. The number of ether oxygens (including phenoxy) is 2. The standard InChI is InChI=1S/C25H48O3/c1-4-5-6-7-8-9-10-11-12-13-14-15-16-17-18-19-25(26)28-23-22-27-21-20-24(2)3/h2,4-23H2,1,3H3. The minimum absolute atomic E-state index is 0.0850. The number of rotatable bonds is 22. The van der Waals surface area contributed by atoms with Crippen LogP contribution in [0.4, 0.5) is 0 Å². The third kappa shape index (κ3) is 23.2. The first kappa shape index (κ1) is 27.2. The van der Waals surface area contributed by atoms with E-state index in [-0.39, 0.29) is 5.97 Å². The van der Waals surface area contributed by atoms with E-state index in [9.17, 15) is 4.79 Å². The number of esters is 1. The Morgan fingerprint density at radius 3 is 1.57 bits per heavy atom. The summed E-state index contributed by atoms with van der Waals surface area (Å²) in [7, 11) is 0. The molecule has 0 rings (SSSR count). The van der Waals surface area contributed by atoms with E-state index in [1.807, 2.05) is 6.92 Å². The lowest BCUT2D eigenvalue weighted by molar-refractivity contribution is -0.145. The summed E-state index contributed by atoms with van der Waals surface area (Å²) >= 11 is 0. The molecule has 0 saturated heterocycles. The average molecular weight is 397 g/mol. The zero-order chi connectivity index (χ0) is 20.7. The Kier molecular flexibility index (Phi) is 21.8. The molecule has 0 aliphatic rings. The van der Waals surface area contributed by atoms with Gasteiger partial charge in [0.05, 0.1) is 13.2 Å². The molecular weight excluding hydrogens is 348 g/mol. The Hall–Kier alpha value is -0.830. The van der Waals surface area contributed by atoms with E-state index in [0.717, 1.165) is 24.8 Å². The van der Waals surface area contributed by atoms with Gasteiger partial charge < -0.3 is 9.47 Å². The Morgan fingerprint density at radius 1 is 0.643 bits per heavy atom. The largest absolute Gasteiger partial charge is 0.463 e. The van der Waals surface area contributed by atoms with Gasteiger partial charge in [0.25, 0.3) is 0 Å². The molecular formula is C25H48O3. The quantitative estimate of drug-likeness (QED) is 0.106. The molecule has 0 heterocycles. The van der Waals surface area contributed by atoms with E-state index in [0.29, 0.717) is 26.2 Å². The van der Waals surface area contributed by atoms with Crippen LogP contribution in [0.2, 0.25) is 0 Å². The minimum Gasteiger partial charge on any atom is -0.463 e. The fraction of sp³-hybridized carbons (Fsp3) is 0.880. The Labute approximate surface area is 175 Å². The van der Waals surface area contributed by atoms with Crippen molar-refractivity contribution < 1.29 is 14.3 Å². The molecule has 0 aromatic heterocycles. The summed E-state index contributed by atoms with van der Waals surface area (Å²) in [6.07, 6.45) is 21.5. The fourth-order valence-electron chi connectivity index (χ4n) is 3.28. The van der Waals surface area contributed by atoms with Crippen molar-refractivity contribution in [3.63, 3.8) is 0 Å². The molecule has 0 aliphatic heterocycles. The average Bonchev–Trinajstić information content (AvgIpc) is 2.67. The fourth-order valence-corrected chi connectivity index (χ4v) is 3.28. The van der Waals surface area contributed by atoms with Crippen molar-refractivity contribution in [1.82, 2.24) is 0 Å². The highest BCUT2D eigenvalue weighted by Gasteiger charge is 2.02. The topological polar surface area (TPSA) is 35.5 Å². The van der Waals surface area contributed by atoms with Crippen LogP contribution in [0, 0.1) is 0 Å². The van der Waals surface area contributed by atoms with Gasteiger partial charge in [-0.15, -0.1) is 6.58 Å². The molecule has 0 saturated carbocycles. The van der Waals surface area contributed by atoms with Gasteiger partial charge in [-0.3, -0.25) is 4.79 Å². The van der Waals surface area contributed by atoms with Crippen molar-refractivity contribution in [3.05, 3.63) is 12.2 Å². The summed E-state index contributed by atoms with van der Waals surface area (Å²) in [5.41, 5.74) is 1.12. The van der Waals surface area contributed by atoms with Crippen LogP contribution in [0.3, 0.4) is 0 Å². The smallest absolute Gasteiger partial charge is 0.305 e. The van der Waals surface area contributed by atoms with Crippen LogP contribution in [-0.2, 0) is 14.3 Å². The summed E-state index contributed by atoms with van der Waals surface area (Å²) < 4.78 is 10.6. The van der Waals surface area contributed by atoms with Gasteiger partial charge in [-0.05, 0) is 19.8 Å². The summed E-state index contributed by atoms with van der Waals surface area (Å²) in [6.45, 7) is 9.60. The van der Waals surface area contributed by atoms with Crippen molar-refractivity contribution in [2.45, 2.75) is 123 Å². The molecule has 0 aliphatic carbocycles. The maximum atomic E-state index is 11.6. The van der Waals surface area contributed by atoms with Gasteiger partial charge in [0.1, 0.15) is 6.61 Å². The second kappa shape index (κ2) is 22.5. The summed E-state index contributed by atoms with van der Waals surface area (Å²) in [5.74, 6) is -0.0850. The van der Waals surface area contributed by atoms with Crippen molar-refractivity contribution >= 4 is 5.97 Å². The number of unbranched alkanes of at least 4 members (excludes halogenated alkanes) is 14. The molecule has 0 aromatic carbocycles. The molecule has 0 radical (unpaired) electrons. The molecule has 3 heteroatoms.